The van der Waals surface area contributed by atoms with E-state index in [9.17, 15) is 13.2 Å². The van der Waals surface area contributed by atoms with E-state index in [0.717, 1.165) is 0 Å². The molecular weight excluding hydrogens is 238 g/mol. The van der Waals surface area contributed by atoms with Crippen molar-refractivity contribution in [2.24, 2.45) is 0 Å². The summed E-state index contributed by atoms with van der Waals surface area (Å²) in [7, 11) is -2.98. The van der Waals surface area contributed by atoms with E-state index < -0.39 is 15.1 Å². The summed E-state index contributed by atoms with van der Waals surface area (Å²) >= 11 is 0. The van der Waals surface area contributed by atoms with Gasteiger partial charge < -0.3 is 5.32 Å². The molecule has 2 rings (SSSR count). The van der Waals surface area contributed by atoms with Crippen molar-refractivity contribution in [2.45, 2.75) is 18.1 Å². The molecular formula is C12H15NO3S. The predicted octanol–water partition coefficient (Wildman–Crippen LogP) is 0.994. The molecule has 1 heterocycles. The minimum absolute atomic E-state index is 0.215. The molecule has 1 aliphatic heterocycles. The first-order chi connectivity index (χ1) is 8.09. The number of carbonyl (C=O) groups excluding carboxylic acids is 1. The van der Waals surface area contributed by atoms with E-state index in [2.05, 4.69) is 5.32 Å². The lowest BCUT2D eigenvalue weighted by Crippen LogP contribution is -2.34. The third-order valence-corrected chi connectivity index (χ3v) is 5.26. The summed E-state index contributed by atoms with van der Waals surface area (Å²) in [6, 6.07) is 8.80. The summed E-state index contributed by atoms with van der Waals surface area (Å²) in [5, 5.41) is 2.27. The Morgan fingerprint density at radius 1 is 1.29 bits per heavy atom. The smallest absolute Gasteiger partial charge is 0.251 e. The fraction of sp³-hybridized carbons (Fsp3) is 0.417. The molecule has 1 saturated heterocycles. The second kappa shape index (κ2) is 4.87. The Balaban J connectivity index is 1.93. The van der Waals surface area contributed by atoms with Gasteiger partial charge in [0.1, 0.15) is 0 Å². The maximum absolute atomic E-state index is 11.7. The Labute approximate surface area is 101 Å². The van der Waals surface area contributed by atoms with Crippen LogP contribution >= 0.6 is 0 Å². The van der Waals surface area contributed by atoms with Gasteiger partial charge in [-0.05, 0) is 25.0 Å². The van der Waals surface area contributed by atoms with E-state index in [-0.39, 0.29) is 18.2 Å². The van der Waals surface area contributed by atoms with Crippen LogP contribution in [0.2, 0.25) is 0 Å². The summed E-state index contributed by atoms with van der Waals surface area (Å²) in [6.45, 7) is 0.218. The van der Waals surface area contributed by atoms with E-state index in [0.29, 0.717) is 18.4 Å². The highest BCUT2D eigenvalue weighted by Crippen LogP contribution is 2.19. The average molecular weight is 253 g/mol. The van der Waals surface area contributed by atoms with Gasteiger partial charge in [0.2, 0.25) is 0 Å². The van der Waals surface area contributed by atoms with Crippen molar-refractivity contribution in [3.05, 3.63) is 35.9 Å². The number of sulfone groups is 1. The van der Waals surface area contributed by atoms with Crippen LogP contribution in [-0.2, 0) is 9.84 Å². The molecule has 17 heavy (non-hydrogen) atoms. The van der Waals surface area contributed by atoms with Crippen LogP contribution in [0, 0.1) is 0 Å². The highest BCUT2D eigenvalue weighted by Gasteiger charge is 2.31. The molecule has 0 bridgehead atoms. The van der Waals surface area contributed by atoms with Crippen LogP contribution in [0.5, 0.6) is 0 Å². The second-order valence-electron chi connectivity index (χ2n) is 4.21. The van der Waals surface area contributed by atoms with Crippen LogP contribution in [0.25, 0.3) is 0 Å². The van der Waals surface area contributed by atoms with Crippen molar-refractivity contribution in [3.63, 3.8) is 0 Å². The minimum Gasteiger partial charge on any atom is -0.351 e. The molecule has 1 N–H and O–H groups in total. The van der Waals surface area contributed by atoms with Gasteiger partial charge in [-0.1, -0.05) is 18.2 Å². The Kier molecular flexibility index (Phi) is 3.47. The van der Waals surface area contributed by atoms with Crippen LogP contribution in [-0.4, -0.2) is 31.9 Å². The molecule has 4 nitrogen and oxygen atoms in total. The van der Waals surface area contributed by atoms with Crippen molar-refractivity contribution in [3.8, 4) is 0 Å². The molecule has 1 aromatic carbocycles. The molecule has 0 aliphatic carbocycles. The van der Waals surface area contributed by atoms with Gasteiger partial charge in [0.25, 0.3) is 5.91 Å². The van der Waals surface area contributed by atoms with Crippen molar-refractivity contribution in [1.82, 2.24) is 5.32 Å². The number of benzene rings is 1. The molecule has 1 aliphatic rings. The highest BCUT2D eigenvalue weighted by atomic mass is 32.2. The van der Waals surface area contributed by atoms with E-state index in [1.54, 1.807) is 24.3 Å². The Morgan fingerprint density at radius 2 is 2.00 bits per heavy atom. The van der Waals surface area contributed by atoms with E-state index >= 15 is 0 Å². The SMILES string of the molecule is O=C(NCC1CCCS1(=O)=O)c1ccccc1. The third-order valence-electron chi connectivity index (χ3n) is 2.99. The van der Waals surface area contributed by atoms with Gasteiger partial charge >= 0.3 is 0 Å². The summed E-state index contributed by atoms with van der Waals surface area (Å²) in [6.07, 6.45) is 1.35. The third kappa shape index (κ3) is 2.85. The molecule has 0 aromatic heterocycles. The monoisotopic (exact) mass is 253 g/mol. The van der Waals surface area contributed by atoms with Crippen LogP contribution in [0.1, 0.15) is 23.2 Å². The molecule has 92 valence electrons. The molecule has 1 fully saturated rings. The molecule has 1 amide bonds. The summed E-state index contributed by atoms with van der Waals surface area (Å²) in [4.78, 5) is 11.7. The van der Waals surface area contributed by atoms with Crippen molar-refractivity contribution < 1.29 is 13.2 Å². The molecule has 1 atom stereocenters. The first kappa shape index (κ1) is 12.1. The second-order valence-corrected chi connectivity index (χ2v) is 6.61. The van der Waals surface area contributed by atoms with Gasteiger partial charge in [0.05, 0.1) is 11.0 Å². The lowest BCUT2D eigenvalue weighted by atomic mass is 10.2. The number of hydrogen-bond acceptors (Lipinski definition) is 3. The van der Waals surface area contributed by atoms with Gasteiger partial charge in [-0.2, -0.15) is 0 Å². The molecule has 5 heteroatoms. The molecule has 0 saturated carbocycles. The van der Waals surface area contributed by atoms with Gasteiger partial charge in [-0.3, -0.25) is 4.79 Å². The Morgan fingerprint density at radius 3 is 2.59 bits per heavy atom. The number of amides is 1. The topological polar surface area (TPSA) is 63.2 Å². The largest absolute Gasteiger partial charge is 0.351 e. The van der Waals surface area contributed by atoms with E-state index in [4.69, 9.17) is 0 Å². The molecule has 0 radical (unpaired) electrons. The summed E-state index contributed by atoms with van der Waals surface area (Å²) in [5.41, 5.74) is 0.558. The first-order valence-corrected chi connectivity index (χ1v) is 7.36. The number of carbonyl (C=O) groups is 1. The first-order valence-electron chi connectivity index (χ1n) is 5.64. The lowest BCUT2D eigenvalue weighted by molar-refractivity contribution is 0.0953. The summed E-state index contributed by atoms with van der Waals surface area (Å²) in [5.74, 6) is 0.0338. The zero-order valence-corrected chi connectivity index (χ0v) is 10.2. The molecule has 1 aromatic rings. The normalized spacial score (nSPS) is 22.2. The minimum atomic E-state index is -2.98. The summed E-state index contributed by atoms with van der Waals surface area (Å²) < 4.78 is 23.1. The Bertz CT molecular complexity index is 496. The predicted molar refractivity (Wildman–Crippen MR) is 65.6 cm³/mol. The average Bonchev–Trinajstić information content (AvgIpc) is 2.66. The standard InChI is InChI=1S/C12H15NO3S/c14-12(10-5-2-1-3-6-10)13-9-11-7-4-8-17(11,15)16/h1-3,5-6,11H,4,7-9H2,(H,13,14). The van der Waals surface area contributed by atoms with E-state index in [1.165, 1.54) is 0 Å². The quantitative estimate of drug-likeness (QED) is 0.874. The van der Waals surface area contributed by atoms with Crippen molar-refractivity contribution >= 4 is 15.7 Å². The lowest BCUT2D eigenvalue weighted by Gasteiger charge is -2.10. The van der Waals surface area contributed by atoms with Crippen molar-refractivity contribution in [2.75, 3.05) is 12.3 Å². The number of rotatable bonds is 3. The fourth-order valence-electron chi connectivity index (χ4n) is 1.99. The number of hydrogen-bond donors (Lipinski definition) is 1. The Hall–Kier alpha value is -1.36. The van der Waals surface area contributed by atoms with E-state index in [1.807, 2.05) is 6.07 Å². The molecule has 0 spiro atoms. The molecule has 1 unspecified atom stereocenters. The van der Waals surface area contributed by atoms with Gasteiger partial charge in [0, 0.05) is 12.1 Å². The maximum Gasteiger partial charge on any atom is 0.251 e. The highest BCUT2D eigenvalue weighted by molar-refractivity contribution is 7.92. The maximum atomic E-state index is 11.7. The zero-order valence-electron chi connectivity index (χ0n) is 9.43. The van der Waals surface area contributed by atoms with Crippen molar-refractivity contribution in [1.29, 1.82) is 0 Å². The van der Waals surface area contributed by atoms with Crippen LogP contribution in [0.4, 0.5) is 0 Å². The van der Waals surface area contributed by atoms with Crippen LogP contribution in [0.3, 0.4) is 0 Å². The van der Waals surface area contributed by atoms with Crippen LogP contribution in [0.15, 0.2) is 30.3 Å². The fourth-order valence-corrected chi connectivity index (χ4v) is 3.75. The van der Waals surface area contributed by atoms with Crippen LogP contribution < -0.4 is 5.32 Å². The number of nitrogens with one attached hydrogen (secondary N) is 1. The zero-order chi connectivity index (χ0) is 12.3. The van der Waals surface area contributed by atoms with Gasteiger partial charge in [-0.25, -0.2) is 8.42 Å². The van der Waals surface area contributed by atoms with Gasteiger partial charge in [0.15, 0.2) is 9.84 Å². The van der Waals surface area contributed by atoms with Gasteiger partial charge in [-0.15, -0.1) is 0 Å².